The number of ketones is 1. The van der Waals surface area contributed by atoms with E-state index in [0.717, 1.165) is 12.8 Å². The van der Waals surface area contributed by atoms with Crippen LogP contribution in [0.3, 0.4) is 0 Å². The number of esters is 1. The summed E-state index contributed by atoms with van der Waals surface area (Å²) in [7, 11) is 1.45. The number of hydrogen-bond donors (Lipinski definition) is 2. The average Bonchev–Trinajstić information content (AvgIpc) is 3.10. The predicted octanol–water partition coefficient (Wildman–Crippen LogP) is 7.51. The molecule has 2 amide bonds. The maximum atomic E-state index is 13.4. The van der Waals surface area contributed by atoms with E-state index in [-0.39, 0.29) is 30.3 Å². The minimum atomic E-state index is -0.844. The van der Waals surface area contributed by atoms with Gasteiger partial charge in [0.1, 0.15) is 11.6 Å². The van der Waals surface area contributed by atoms with Crippen molar-refractivity contribution < 1.29 is 37.8 Å². The Morgan fingerprint density at radius 1 is 0.780 bits per heavy atom. The molecular weight excluding hydrogens is 639 g/mol. The summed E-state index contributed by atoms with van der Waals surface area (Å²) in [5, 5.41) is 5.49. The molecule has 0 aliphatic rings. The number of unbranched alkanes of at least 4 members (excludes halogenated alkanes) is 4. The van der Waals surface area contributed by atoms with Crippen LogP contribution < -0.4 is 24.8 Å². The van der Waals surface area contributed by atoms with Crippen molar-refractivity contribution in [3.05, 3.63) is 119 Å². The lowest BCUT2D eigenvalue weighted by Gasteiger charge is -2.17. The van der Waals surface area contributed by atoms with Crippen molar-refractivity contribution in [3.8, 4) is 17.2 Å². The Kier molecular flexibility index (Phi) is 14.1. The number of amides is 2. The molecule has 4 aromatic carbocycles. The third-order valence-corrected chi connectivity index (χ3v) is 7.96. The second kappa shape index (κ2) is 18.9. The van der Waals surface area contributed by atoms with Crippen molar-refractivity contribution in [2.75, 3.05) is 19.0 Å². The molecule has 1 atom stereocenters. The van der Waals surface area contributed by atoms with E-state index in [4.69, 9.17) is 14.2 Å². The first kappa shape index (κ1) is 37.3. The Morgan fingerprint density at radius 2 is 1.50 bits per heavy atom. The summed E-state index contributed by atoms with van der Waals surface area (Å²) in [6, 6.07) is 22.9. The molecule has 0 spiro atoms. The molecular formula is C40H43FN2O7. The van der Waals surface area contributed by atoms with Crippen LogP contribution in [0.4, 0.5) is 10.1 Å². The minimum absolute atomic E-state index is 0.00247. The Hall–Kier alpha value is -5.51. The fourth-order valence-electron chi connectivity index (χ4n) is 5.18. The highest BCUT2D eigenvalue weighted by atomic mass is 19.1. The molecule has 0 fully saturated rings. The van der Waals surface area contributed by atoms with Gasteiger partial charge >= 0.3 is 5.97 Å². The first-order valence-electron chi connectivity index (χ1n) is 16.7. The fraction of sp³-hybridized carbons (Fsp3) is 0.300. The first-order chi connectivity index (χ1) is 24.1. The topological polar surface area (TPSA) is 120 Å². The van der Waals surface area contributed by atoms with Crippen LogP contribution in [-0.2, 0) is 22.4 Å². The van der Waals surface area contributed by atoms with Gasteiger partial charge in [0.05, 0.1) is 31.7 Å². The van der Waals surface area contributed by atoms with Crippen molar-refractivity contribution in [3.63, 3.8) is 0 Å². The molecule has 0 radical (unpaired) electrons. The monoisotopic (exact) mass is 682 g/mol. The van der Waals surface area contributed by atoms with Gasteiger partial charge in [-0.05, 0) is 104 Å². The zero-order valence-corrected chi connectivity index (χ0v) is 28.6. The number of Topliss-reactive ketones (excluding diaryl/α,β-unsaturated/α-hetero) is 1. The smallest absolute Gasteiger partial charge is 0.343 e. The third-order valence-electron chi connectivity index (χ3n) is 7.96. The van der Waals surface area contributed by atoms with Gasteiger partial charge in [0, 0.05) is 11.3 Å². The van der Waals surface area contributed by atoms with E-state index in [1.54, 1.807) is 60.7 Å². The van der Waals surface area contributed by atoms with Crippen LogP contribution >= 0.6 is 0 Å². The summed E-state index contributed by atoms with van der Waals surface area (Å²) in [5.74, 6) is -0.842. The number of nitrogens with one attached hydrogen (secondary N) is 2. The molecule has 262 valence electrons. The molecule has 9 nitrogen and oxygen atoms in total. The van der Waals surface area contributed by atoms with E-state index in [2.05, 4.69) is 17.6 Å². The molecule has 50 heavy (non-hydrogen) atoms. The van der Waals surface area contributed by atoms with Gasteiger partial charge in [0.2, 0.25) is 5.91 Å². The Labute approximate surface area is 292 Å². The highest BCUT2D eigenvalue weighted by Gasteiger charge is 2.21. The van der Waals surface area contributed by atoms with Gasteiger partial charge in [-0.2, -0.15) is 0 Å². The lowest BCUT2D eigenvalue weighted by Crippen LogP contribution is -2.41. The van der Waals surface area contributed by atoms with Crippen LogP contribution in [0.25, 0.3) is 0 Å². The van der Waals surface area contributed by atoms with Crippen LogP contribution in [0.15, 0.2) is 91.0 Å². The zero-order chi connectivity index (χ0) is 35.9. The molecule has 0 aromatic heterocycles. The molecule has 10 heteroatoms. The number of benzene rings is 4. The molecule has 4 aromatic rings. The third kappa shape index (κ3) is 11.6. The predicted molar refractivity (Wildman–Crippen MR) is 189 cm³/mol. The van der Waals surface area contributed by atoms with E-state index in [1.165, 1.54) is 63.6 Å². The first-order valence-corrected chi connectivity index (χ1v) is 16.7. The second-order valence-electron chi connectivity index (χ2n) is 11.9. The lowest BCUT2D eigenvalue weighted by atomic mass is 10.0. The quantitative estimate of drug-likeness (QED) is 0.0633. The van der Waals surface area contributed by atoms with E-state index >= 15 is 0 Å². The maximum absolute atomic E-state index is 13.4. The standard InChI is InChI=1S/C40H43FN2O7/c1-4-5-6-7-8-22-49-34-19-15-31(16-20-34)40(47)50-36-21-12-29(25-37(36)48-3)24-35(27(2)44)43-39(46)30-13-17-33(18-14-30)42-38(45)26-28-10-9-11-32(41)23-28/h9-21,23,25,35H,4-8,22,24,26H2,1-3H3,(H,42,45)(H,43,46). The Bertz CT molecular complexity index is 1760. The largest absolute Gasteiger partial charge is 0.494 e. The molecule has 0 aliphatic carbocycles. The van der Waals surface area contributed by atoms with Gasteiger partial charge in [-0.15, -0.1) is 0 Å². The molecule has 1 unspecified atom stereocenters. The van der Waals surface area contributed by atoms with Gasteiger partial charge in [-0.1, -0.05) is 50.8 Å². The van der Waals surface area contributed by atoms with Crippen LogP contribution in [0.5, 0.6) is 17.2 Å². The number of hydrogen-bond acceptors (Lipinski definition) is 7. The normalized spacial score (nSPS) is 11.3. The Balaban J connectivity index is 1.30. The Morgan fingerprint density at radius 3 is 2.18 bits per heavy atom. The summed E-state index contributed by atoms with van der Waals surface area (Å²) < 4.78 is 30.3. The number of carbonyl (C=O) groups excluding carboxylic acids is 4. The van der Waals surface area contributed by atoms with Crippen LogP contribution in [0.1, 0.15) is 77.8 Å². The van der Waals surface area contributed by atoms with Gasteiger partial charge in [0.15, 0.2) is 17.3 Å². The van der Waals surface area contributed by atoms with Gasteiger partial charge in [-0.3, -0.25) is 14.4 Å². The molecule has 0 aliphatic heterocycles. The van der Waals surface area contributed by atoms with Crippen molar-refractivity contribution in [2.24, 2.45) is 0 Å². The van der Waals surface area contributed by atoms with E-state index in [9.17, 15) is 23.6 Å². The van der Waals surface area contributed by atoms with Crippen molar-refractivity contribution >= 4 is 29.3 Å². The number of methoxy groups -OCH3 is 1. The van der Waals surface area contributed by atoms with E-state index < -0.39 is 23.7 Å². The SMILES string of the molecule is CCCCCCCOc1ccc(C(=O)Oc2ccc(CC(NC(=O)c3ccc(NC(=O)Cc4cccc(F)c4)cc3)C(C)=O)cc2OC)cc1. The van der Waals surface area contributed by atoms with Crippen molar-refractivity contribution in [1.29, 1.82) is 0 Å². The summed E-state index contributed by atoms with van der Waals surface area (Å²) in [5.41, 5.74) is 2.33. The van der Waals surface area contributed by atoms with Crippen LogP contribution in [0, 0.1) is 5.82 Å². The molecule has 2 N–H and O–H groups in total. The number of rotatable bonds is 18. The zero-order valence-electron chi connectivity index (χ0n) is 28.6. The number of anilines is 1. The van der Waals surface area contributed by atoms with Crippen molar-refractivity contribution in [1.82, 2.24) is 5.32 Å². The van der Waals surface area contributed by atoms with E-state index in [0.29, 0.717) is 46.0 Å². The van der Waals surface area contributed by atoms with Gasteiger partial charge < -0.3 is 24.8 Å². The summed E-state index contributed by atoms with van der Waals surface area (Å²) in [6.07, 6.45) is 5.90. The van der Waals surface area contributed by atoms with Crippen LogP contribution in [0.2, 0.25) is 0 Å². The molecule has 0 saturated heterocycles. The van der Waals surface area contributed by atoms with Crippen molar-refractivity contribution in [2.45, 2.75) is 64.8 Å². The molecule has 0 heterocycles. The molecule has 4 rings (SSSR count). The number of halogens is 1. The highest BCUT2D eigenvalue weighted by Crippen LogP contribution is 2.30. The number of carbonyl (C=O) groups is 4. The minimum Gasteiger partial charge on any atom is -0.494 e. The van der Waals surface area contributed by atoms with E-state index in [1.807, 2.05) is 0 Å². The summed E-state index contributed by atoms with van der Waals surface area (Å²) in [4.78, 5) is 50.8. The molecule has 0 bridgehead atoms. The molecule has 0 saturated carbocycles. The summed E-state index contributed by atoms with van der Waals surface area (Å²) in [6.45, 7) is 4.19. The van der Waals surface area contributed by atoms with Crippen LogP contribution in [-0.4, -0.2) is 43.3 Å². The fourth-order valence-corrected chi connectivity index (χ4v) is 5.18. The summed E-state index contributed by atoms with van der Waals surface area (Å²) >= 11 is 0. The van der Waals surface area contributed by atoms with Gasteiger partial charge in [-0.25, -0.2) is 9.18 Å². The maximum Gasteiger partial charge on any atom is 0.343 e. The van der Waals surface area contributed by atoms with Gasteiger partial charge in [0.25, 0.3) is 5.91 Å². The highest BCUT2D eigenvalue weighted by molar-refractivity contribution is 5.98. The number of ether oxygens (including phenoxy) is 3. The average molecular weight is 683 g/mol. The lowest BCUT2D eigenvalue weighted by molar-refractivity contribution is -0.119. The second-order valence-corrected chi connectivity index (χ2v) is 11.9.